The van der Waals surface area contributed by atoms with Crippen LogP contribution in [0.3, 0.4) is 0 Å². The smallest absolute Gasteiger partial charge is 0.129 e. The summed E-state index contributed by atoms with van der Waals surface area (Å²) in [5.41, 5.74) is 2.30. The maximum absolute atomic E-state index is 4.44. The predicted octanol–water partition coefficient (Wildman–Crippen LogP) is 1.91. The van der Waals surface area contributed by atoms with Crippen LogP contribution in [0.2, 0.25) is 0 Å². The average Bonchev–Trinajstić information content (AvgIpc) is 2.75. The first kappa shape index (κ1) is 6.00. The Labute approximate surface area is 70.5 Å². The molecule has 2 heterocycles. The highest BCUT2D eigenvalue weighted by Gasteiger charge is 2.19. The maximum Gasteiger partial charge on any atom is 0.129 e. The second kappa shape index (κ2) is 1.97. The fourth-order valence-electron chi connectivity index (χ4n) is 1.40. The molecule has 1 aliphatic rings. The van der Waals surface area contributed by atoms with E-state index in [2.05, 4.69) is 27.9 Å². The van der Waals surface area contributed by atoms with Crippen molar-refractivity contribution in [3.05, 3.63) is 42.4 Å². The van der Waals surface area contributed by atoms with Crippen LogP contribution in [0.4, 0.5) is 0 Å². The quantitative estimate of drug-likeness (QED) is 0.526. The third-order valence-corrected chi connectivity index (χ3v) is 2.14. The molecule has 0 fully saturated rings. The normalized spacial score (nSPS) is 12.7. The first-order valence-electron chi connectivity index (χ1n) is 4.05. The zero-order chi connectivity index (χ0) is 7.97. The minimum absolute atomic E-state index is 1.04. The van der Waals surface area contributed by atoms with Crippen LogP contribution in [0, 0.1) is 0 Å². The van der Waals surface area contributed by atoms with Gasteiger partial charge in [0.1, 0.15) is 5.82 Å². The SMILES string of the molecule is c1ccc(-c2cn3c(n2)C3)cc1. The minimum Gasteiger partial charge on any atom is -0.325 e. The summed E-state index contributed by atoms with van der Waals surface area (Å²) < 4.78 is 2.16. The number of nitrogens with zero attached hydrogens (tertiary/aromatic N) is 2. The Morgan fingerprint density at radius 1 is 1.17 bits per heavy atom. The molecule has 3 rings (SSSR count). The zero-order valence-corrected chi connectivity index (χ0v) is 6.57. The van der Waals surface area contributed by atoms with Crippen molar-refractivity contribution in [2.45, 2.75) is 6.54 Å². The summed E-state index contributed by atoms with van der Waals surface area (Å²) in [6.07, 6.45) is 2.10. The molecule has 0 radical (unpaired) electrons. The number of aromatic nitrogens is 2. The van der Waals surface area contributed by atoms with Gasteiger partial charge in [-0.3, -0.25) is 0 Å². The fraction of sp³-hybridized carbons (Fsp3) is 0.100. The van der Waals surface area contributed by atoms with Crippen molar-refractivity contribution >= 4 is 0 Å². The van der Waals surface area contributed by atoms with Crippen LogP contribution in [0.1, 0.15) is 5.82 Å². The van der Waals surface area contributed by atoms with Gasteiger partial charge in [-0.2, -0.15) is 0 Å². The van der Waals surface area contributed by atoms with E-state index in [9.17, 15) is 0 Å². The van der Waals surface area contributed by atoms with Crippen molar-refractivity contribution in [1.29, 1.82) is 0 Å². The highest BCUT2D eigenvalue weighted by molar-refractivity contribution is 5.59. The summed E-state index contributed by atoms with van der Waals surface area (Å²) in [5, 5.41) is 0. The predicted molar refractivity (Wildman–Crippen MR) is 46.8 cm³/mol. The summed E-state index contributed by atoms with van der Waals surface area (Å²) in [6, 6.07) is 10.3. The van der Waals surface area contributed by atoms with Gasteiger partial charge in [-0.1, -0.05) is 30.3 Å². The Balaban J connectivity index is 2.11. The number of benzene rings is 1. The van der Waals surface area contributed by atoms with Crippen molar-refractivity contribution in [3.63, 3.8) is 0 Å². The van der Waals surface area contributed by atoms with Gasteiger partial charge in [0.15, 0.2) is 0 Å². The molecular formula is C10H8N2. The van der Waals surface area contributed by atoms with Gasteiger partial charge in [0.2, 0.25) is 0 Å². The maximum atomic E-state index is 4.44. The molecule has 58 valence electrons. The lowest BCUT2D eigenvalue weighted by Gasteiger charge is -1.93. The van der Waals surface area contributed by atoms with E-state index in [1.807, 2.05) is 18.2 Å². The van der Waals surface area contributed by atoms with E-state index in [1.54, 1.807) is 0 Å². The molecular weight excluding hydrogens is 148 g/mol. The van der Waals surface area contributed by atoms with E-state index >= 15 is 0 Å². The lowest BCUT2D eigenvalue weighted by Crippen LogP contribution is -1.78. The number of fused-ring (bicyclic) bond motifs is 1. The van der Waals surface area contributed by atoms with Crippen LogP contribution in [-0.2, 0) is 6.54 Å². The number of hydrogen-bond donors (Lipinski definition) is 0. The van der Waals surface area contributed by atoms with Gasteiger partial charge >= 0.3 is 0 Å². The molecule has 2 nitrogen and oxygen atoms in total. The van der Waals surface area contributed by atoms with Crippen LogP contribution in [0.15, 0.2) is 36.5 Å². The van der Waals surface area contributed by atoms with E-state index < -0.39 is 0 Å². The first-order chi connectivity index (χ1) is 5.93. The molecule has 0 N–H and O–H groups in total. The summed E-state index contributed by atoms with van der Waals surface area (Å²) in [7, 11) is 0. The van der Waals surface area contributed by atoms with E-state index in [4.69, 9.17) is 0 Å². The van der Waals surface area contributed by atoms with Gasteiger partial charge < -0.3 is 4.57 Å². The second-order valence-corrected chi connectivity index (χ2v) is 3.04. The van der Waals surface area contributed by atoms with Crippen LogP contribution in [0.25, 0.3) is 11.3 Å². The average molecular weight is 156 g/mol. The van der Waals surface area contributed by atoms with Crippen LogP contribution < -0.4 is 0 Å². The van der Waals surface area contributed by atoms with Gasteiger partial charge in [0, 0.05) is 11.8 Å². The van der Waals surface area contributed by atoms with Crippen molar-refractivity contribution in [2.24, 2.45) is 0 Å². The van der Waals surface area contributed by atoms with E-state index in [0.717, 1.165) is 12.2 Å². The third kappa shape index (κ3) is 0.780. The molecule has 0 saturated carbocycles. The molecule has 1 aliphatic heterocycles. The summed E-state index contributed by atoms with van der Waals surface area (Å²) in [5.74, 6) is 1.20. The highest BCUT2D eigenvalue weighted by Crippen LogP contribution is 2.24. The molecule has 1 aromatic heterocycles. The van der Waals surface area contributed by atoms with Gasteiger partial charge in [-0.25, -0.2) is 4.98 Å². The number of rotatable bonds is 1. The number of hydrogen-bond acceptors (Lipinski definition) is 1. The molecule has 0 bridgehead atoms. The minimum atomic E-state index is 1.04. The second-order valence-electron chi connectivity index (χ2n) is 3.04. The van der Waals surface area contributed by atoms with E-state index in [-0.39, 0.29) is 0 Å². The molecule has 0 amide bonds. The Morgan fingerprint density at radius 3 is 2.67 bits per heavy atom. The molecule has 0 saturated heterocycles. The number of imidazole rings is 1. The summed E-state index contributed by atoms with van der Waals surface area (Å²) in [6.45, 7) is 1.04. The molecule has 0 unspecified atom stereocenters. The highest BCUT2D eigenvalue weighted by atomic mass is 15.2. The van der Waals surface area contributed by atoms with Crippen molar-refractivity contribution in [1.82, 2.24) is 9.55 Å². The Hall–Kier alpha value is -1.57. The third-order valence-electron chi connectivity index (χ3n) is 2.14. The van der Waals surface area contributed by atoms with Crippen LogP contribution >= 0.6 is 0 Å². The summed E-state index contributed by atoms with van der Waals surface area (Å²) >= 11 is 0. The van der Waals surface area contributed by atoms with E-state index in [1.165, 1.54) is 11.4 Å². The Bertz CT molecular complexity index is 395. The Kier molecular flexibility index (Phi) is 0.987. The standard InChI is InChI=1S/C10H8N2/c1-2-4-8(5-3-1)9-6-12-7-10(12)11-9/h1-6H,7H2. The molecule has 0 atom stereocenters. The largest absolute Gasteiger partial charge is 0.325 e. The van der Waals surface area contributed by atoms with E-state index in [0.29, 0.717) is 0 Å². The monoisotopic (exact) mass is 156 g/mol. The molecule has 12 heavy (non-hydrogen) atoms. The lowest BCUT2D eigenvalue weighted by atomic mass is 10.2. The van der Waals surface area contributed by atoms with Gasteiger partial charge in [0.05, 0.1) is 12.2 Å². The summed E-state index contributed by atoms with van der Waals surface area (Å²) in [4.78, 5) is 4.44. The van der Waals surface area contributed by atoms with Crippen molar-refractivity contribution < 1.29 is 0 Å². The first-order valence-corrected chi connectivity index (χ1v) is 4.05. The van der Waals surface area contributed by atoms with Gasteiger partial charge in [-0.15, -0.1) is 0 Å². The van der Waals surface area contributed by atoms with Gasteiger partial charge in [-0.05, 0) is 0 Å². The van der Waals surface area contributed by atoms with Crippen molar-refractivity contribution in [2.75, 3.05) is 0 Å². The topological polar surface area (TPSA) is 17.8 Å². The molecule has 2 aromatic rings. The van der Waals surface area contributed by atoms with Crippen LogP contribution in [-0.4, -0.2) is 9.55 Å². The Morgan fingerprint density at radius 2 is 2.00 bits per heavy atom. The molecule has 0 aliphatic carbocycles. The molecule has 1 aromatic carbocycles. The fourth-order valence-corrected chi connectivity index (χ4v) is 1.40. The van der Waals surface area contributed by atoms with Crippen molar-refractivity contribution in [3.8, 4) is 11.3 Å². The van der Waals surface area contributed by atoms with Gasteiger partial charge in [0.25, 0.3) is 0 Å². The zero-order valence-electron chi connectivity index (χ0n) is 6.57. The lowest BCUT2D eigenvalue weighted by molar-refractivity contribution is 1.11. The molecule has 0 spiro atoms. The molecule has 2 heteroatoms. The van der Waals surface area contributed by atoms with Crippen LogP contribution in [0.5, 0.6) is 0 Å².